The fraction of sp³-hybridized carbons (Fsp3) is 0.118. The third kappa shape index (κ3) is 2.30. The molecule has 21 heavy (non-hydrogen) atoms. The number of para-hydroxylation sites is 1. The van der Waals surface area contributed by atoms with Crippen molar-refractivity contribution < 1.29 is 4.74 Å². The Morgan fingerprint density at radius 3 is 2.86 bits per heavy atom. The summed E-state index contributed by atoms with van der Waals surface area (Å²) < 4.78 is 7.35. The van der Waals surface area contributed by atoms with Crippen LogP contribution in [-0.2, 0) is 6.54 Å². The number of nitrogens with two attached hydrogens (primary N) is 1. The maximum atomic E-state index is 9.02. The van der Waals surface area contributed by atoms with Crippen LogP contribution in [-0.4, -0.2) is 11.7 Å². The lowest BCUT2D eigenvalue weighted by atomic mass is 10.1. The zero-order valence-corrected chi connectivity index (χ0v) is 11.7. The fourth-order valence-corrected chi connectivity index (χ4v) is 2.55. The van der Waals surface area contributed by atoms with Gasteiger partial charge in [-0.25, -0.2) is 0 Å². The molecule has 0 fully saturated rings. The number of nitriles is 1. The average molecular weight is 277 g/mol. The molecule has 0 amide bonds. The maximum absolute atomic E-state index is 9.02. The van der Waals surface area contributed by atoms with E-state index in [9.17, 15) is 0 Å². The fourth-order valence-electron chi connectivity index (χ4n) is 2.55. The molecule has 0 aliphatic rings. The van der Waals surface area contributed by atoms with Crippen LogP contribution in [0.5, 0.6) is 5.75 Å². The van der Waals surface area contributed by atoms with E-state index in [2.05, 4.69) is 10.6 Å². The molecule has 1 aromatic heterocycles. The second-order valence-corrected chi connectivity index (χ2v) is 4.88. The lowest BCUT2D eigenvalue weighted by Crippen LogP contribution is -2.01. The van der Waals surface area contributed by atoms with E-state index in [1.165, 1.54) is 0 Å². The minimum atomic E-state index is 0.540. The summed E-state index contributed by atoms with van der Waals surface area (Å²) in [6, 6.07) is 15.7. The van der Waals surface area contributed by atoms with Gasteiger partial charge < -0.3 is 15.0 Å². The molecular weight excluding hydrogens is 262 g/mol. The first-order valence-corrected chi connectivity index (χ1v) is 6.63. The monoisotopic (exact) mass is 277 g/mol. The first-order chi connectivity index (χ1) is 10.2. The Hall–Kier alpha value is -2.93. The average Bonchev–Trinajstić information content (AvgIpc) is 2.91. The van der Waals surface area contributed by atoms with E-state index in [-0.39, 0.29) is 0 Å². The van der Waals surface area contributed by atoms with Gasteiger partial charge in [0.25, 0.3) is 0 Å². The number of methoxy groups -OCH3 is 1. The topological polar surface area (TPSA) is 64.0 Å². The van der Waals surface area contributed by atoms with Gasteiger partial charge in [0.1, 0.15) is 11.8 Å². The molecule has 3 rings (SSSR count). The first-order valence-electron chi connectivity index (χ1n) is 6.63. The maximum Gasteiger partial charge on any atom is 0.136 e. The second kappa shape index (κ2) is 5.22. The second-order valence-electron chi connectivity index (χ2n) is 4.88. The summed E-state index contributed by atoms with van der Waals surface area (Å²) >= 11 is 0. The molecule has 2 aromatic carbocycles. The van der Waals surface area contributed by atoms with E-state index < -0.39 is 0 Å². The lowest BCUT2D eigenvalue weighted by molar-refractivity contribution is 0.413. The molecule has 3 aromatic rings. The van der Waals surface area contributed by atoms with Crippen LogP contribution >= 0.6 is 0 Å². The molecule has 0 aliphatic heterocycles. The highest BCUT2D eigenvalue weighted by molar-refractivity contribution is 5.90. The highest BCUT2D eigenvalue weighted by Gasteiger charge is 2.07. The molecule has 0 bridgehead atoms. The van der Waals surface area contributed by atoms with Crippen molar-refractivity contribution in [3.63, 3.8) is 0 Å². The van der Waals surface area contributed by atoms with Gasteiger partial charge in [0.2, 0.25) is 0 Å². The minimum absolute atomic E-state index is 0.540. The number of hydrogen-bond donors (Lipinski definition) is 1. The van der Waals surface area contributed by atoms with E-state index in [4.69, 9.17) is 15.7 Å². The van der Waals surface area contributed by atoms with Gasteiger partial charge in [-0.2, -0.15) is 5.26 Å². The van der Waals surface area contributed by atoms with E-state index in [0.717, 1.165) is 22.2 Å². The smallest absolute Gasteiger partial charge is 0.136 e. The van der Waals surface area contributed by atoms with Gasteiger partial charge in [-0.3, -0.25) is 0 Å². The van der Waals surface area contributed by atoms with E-state index in [0.29, 0.717) is 17.9 Å². The van der Waals surface area contributed by atoms with Crippen LogP contribution in [0.2, 0.25) is 0 Å². The summed E-state index contributed by atoms with van der Waals surface area (Å²) in [6.07, 6.45) is 2.02. The van der Waals surface area contributed by atoms with Crippen LogP contribution in [0.3, 0.4) is 0 Å². The summed E-state index contributed by atoms with van der Waals surface area (Å²) in [5.41, 5.74) is 9.46. The van der Waals surface area contributed by atoms with Crippen molar-refractivity contribution in [2.75, 3.05) is 12.8 Å². The molecular formula is C17H15N3O. The molecule has 0 saturated heterocycles. The van der Waals surface area contributed by atoms with Crippen LogP contribution in [0.15, 0.2) is 48.7 Å². The Balaban J connectivity index is 2.01. The Bertz CT molecular complexity index is 843. The van der Waals surface area contributed by atoms with Crippen molar-refractivity contribution in [1.82, 2.24) is 4.57 Å². The first kappa shape index (κ1) is 13.1. The molecule has 2 N–H and O–H groups in total. The van der Waals surface area contributed by atoms with Gasteiger partial charge in [0.15, 0.2) is 0 Å². The molecule has 0 radical (unpaired) electrons. The Labute approximate surface area is 123 Å². The molecule has 0 unspecified atom stereocenters. The van der Waals surface area contributed by atoms with Crippen molar-refractivity contribution in [3.8, 4) is 11.8 Å². The number of rotatable bonds is 3. The van der Waals surface area contributed by atoms with E-state index in [1.54, 1.807) is 13.2 Å². The Kier molecular flexibility index (Phi) is 3.25. The standard InChI is InChI=1S/C17H15N3O/c1-21-16-9-12(5-6-14(16)10-18)11-20-8-7-13-3-2-4-15(19)17(13)20/h2-9H,11,19H2,1H3. The largest absolute Gasteiger partial charge is 0.495 e. The number of fused-ring (bicyclic) bond motifs is 1. The highest BCUT2D eigenvalue weighted by Crippen LogP contribution is 2.25. The third-order valence-corrected chi connectivity index (χ3v) is 3.56. The number of benzene rings is 2. The third-order valence-electron chi connectivity index (χ3n) is 3.56. The van der Waals surface area contributed by atoms with Crippen LogP contribution in [0.1, 0.15) is 11.1 Å². The van der Waals surface area contributed by atoms with E-state index >= 15 is 0 Å². The van der Waals surface area contributed by atoms with Gasteiger partial charge in [-0.1, -0.05) is 18.2 Å². The predicted molar refractivity (Wildman–Crippen MR) is 83.2 cm³/mol. The summed E-state index contributed by atoms with van der Waals surface area (Å²) in [4.78, 5) is 0. The predicted octanol–water partition coefficient (Wildman–Crippen LogP) is 3.15. The van der Waals surface area contributed by atoms with E-state index in [1.807, 2.05) is 42.6 Å². The zero-order valence-electron chi connectivity index (χ0n) is 11.7. The Morgan fingerprint density at radius 1 is 1.24 bits per heavy atom. The number of aromatic nitrogens is 1. The van der Waals surface area contributed by atoms with Crippen LogP contribution in [0.4, 0.5) is 5.69 Å². The van der Waals surface area contributed by atoms with Gasteiger partial charge in [-0.15, -0.1) is 0 Å². The molecule has 0 atom stereocenters. The van der Waals surface area contributed by atoms with Crippen molar-refractivity contribution in [2.24, 2.45) is 0 Å². The summed E-state index contributed by atoms with van der Waals surface area (Å²) in [7, 11) is 1.57. The molecule has 4 heteroatoms. The molecule has 104 valence electrons. The highest BCUT2D eigenvalue weighted by atomic mass is 16.5. The van der Waals surface area contributed by atoms with Crippen LogP contribution in [0.25, 0.3) is 10.9 Å². The quantitative estimate of drug-likeness (QED) is 0.748. The van der Waals surface area contributed by atoms with Crippen molar-refractivity contribution in [2.45, 2.75) is 6.54 Å². The molecule has 4 nitrogen and oxygen atoms in total. The number of anilines is 1. The number of nitrogen functional groups attached to an aromatic ring is 1. The zero-order chi connectivity index (χ0) is 14.8. The summed E-state index contributed by atoms with van der Waals surface area (Å²) in [5, 5.41) is 10.1. The Morgan fingerprint density at radius 2 is 2.10 bits per heavy atom. The molecule has 0 spiro atoms. The van der Waals surface area contributed by atoms with Gasteiger partial charge >= 0.3 is 0 Å². The van der Waals surface area contributed by atoms with Crippen LogP contribution < -0.4 is 10.5 Å². The van der Waals surface area contributed by atoms with Gasteiger partial charge in [0, 0.05) is 18.1 Å². The number of nitrogens with zero attached hydrogens (tertiary/aromatic N) is 2. The summed E-state index contributed by atoms with van der Waals surface area (Å²) in [5.74, 6) is 0.597. The van der Waals surface area contributed by atoms with Crippen molar-refractivity contribution >= 4 is 16.6 Å². The molecule has 0 saturated carbocycles. The molecule has 0 aliphatic carbocycles. The minimum Gasteiger partial charge on any atom is -0.495 e. The number of ether oxygens (including phenoxy) is 1. The SMILES string of the molecule is COc1cc(Cn2ccc3cccc(N)c32)ccc1C#N. The van der Waals surface area contributed by atoms with Gasteiger partial charge in [0.05, 0.1) is 23.9 Å². The summed E-state index contributed by atoms with van der Waals surface area (Å²) in [6.45, 7) is 0.680. The number of hydrogen-bond acceptors (Lipinski definition) is 3. The lowest BCUT2D eigenvalue weighted by Gasteiger charge is -2.10. The normalized spacial score (nSPS) is 10.5. The van der Waals surface area contributed by atoms with Crippen molar-refractivity contribution in [3.05, 3.63) is 59.8 Å². The van der Waals surface area contributed by atoms with Gasteiger partial charge in [-0.05, 0) is 29.8 Å². The van der Waals surface area contributed by atoms with Crippen LogP contribution in [0, 0.1) is 11.3 Å². The molecule has 1 heterocycles. The van der Waals surface area contributed by atoms with Crippen molar-refractivity contribution in [1.29, 1.82) is 5.26 Å².